The molecule has 0 aliphatic rings. The molecule has 0 aliphatic heterocycles. The predicted octanol–water partition coefficient (Wildman–Crippen LogP) is 3.86. The molecule has 96 valence electrons. The molecule has 1 N–H and O–H groups in total. The quantitative estimate of drug-likeness (QED) is 0.775. The fraction of sp³-hybridized carbons (Fsp3) is 0.0667. The molecule has 0 bridgehead atoms. The van der Waals surface area contributed by atoms with Gasteiger partial charge in [0.2, 0.25) is 0 Å². The van der Waals surface area contributed by atoms with Gasteiger partial charge in [-0.1, -0.05) is 18.2 Å². The minimum Gasteiger partial charge on any atom is -0.507 e. The molecule has 1 heterocycles. The zero-order chi connectivity index (χ0) is 13.2. The van der Waals surface area contributed by atoms with Crippen LogP contribution in [0.25, 0.3) is 11.0 Å². The lowest BCUT2D eigenvalue weighted by molar-refractivity contribution is 0.290. The monoisotopic (exact) mass is 258 g/mol. The first-order valence-corrected chi connectivity index (χ1v) is 5.81. The highest BCUT2D eigenvalue weighted by atomic mass is 19.1. The van der Waals surface area contributed by atoms with Crippen molar-refractivity contribution < 1.29 is 18.7 Å². The van der Waals surface area contributed by atoms with E-state index in [1.54, 1.807) is 36.4 Å². The van der Waals surface area contributed by atoms with Crippen LogP contribution < -0.4 is 4.74 Å². The molecule has 3 aromatic rings. The fourth-order valence-electron chi connectivity index (χ4n) is 1.96. The summed E-state index contributed by atoms with van der Waals surface area (Å²) in [6.07, 6.45) is 1.51. The zero-order valence-electron chi connectivity index (χ0n) is 9.97. The van der Waals surface area contributed by atoms with Gasteiger partial charge < -0.3 is 14.3 Å². The average molecular weight is 258 g/mol. The van der Waals surface area contributed by atoms with Crippen LogP contribution in [0.2, 0.25) is 0 Å². The number of furan rings is 1. The molecule has 0 unspecified atom stereocenters. The van der Waals surface area contributed by atoms with Crippen molar-refractivity contribution in [1.29, 1.82) is 0 Å². The van der Waals surface area contributed by atoms with Crippen LogP contribution in [0.1, 0.15) is 5.56 Å². The van der Waals surface area contributed by atoms with Crippen LogP contribution in [0, 0.1) is 5.82 Å². The second kappa shape index (κ2) is 4.65. The van der Waals surface area contributed by atoms with Crippen molar-refractivity contribution in [2.45, 2.75) is 6.61 Å². The van der Waals surface area contributed by atoms with Crippen molar-refractivity contribution in [1.82, 2.24) is 0 Å². The first-order chi connectivity index (χ1) is 9.25. The Morgan fingerprint density at radius 1 is 1.11 bits per heavy atom. The van der Waals surface area contributed by atoms with E-state index in [2.05, 4.69) is 0 Å². The summed E-state index contributed by atoms with van der Waals surface area (Å²) in [5.41, 5.74) is 1.25. The smallest absolute Gasteiger partial charge is 0.165 e. The number of phenolic OH excluding ortho intramolecular Hbond substituents is 1. The van der Waals surface area contributed by atoms with Crippen LogP contribution in [0.5, 0.6) is 11.5 Å². The lowest BCUT2D eigenvalue weighted by Crippen LogP contribution is -1.96. The van der Waals surface area contributed by atoms with E-state index in [-0.39, 0.29) is 18.1 Å². The number of halogens is 1. The number of para-hydroxylation sites is 1. The molecule has 0 spiro atoms. The lowest BCUT2D eigenvalue weighted by Gasteiger charge is -2.06. The van der Waals surface area contributed by atoms with E-state index >= 15 is 0 Å². The molecule has 0 radical (unpaired) electrons. The average Bonchev–Trinajstić information content (AvgIpc) is 2.83. The Morgan fingerprint density at radius 2 is 1.95 bits per heavy atom. The fourth-order valence-corrected chi connectivity index (χ4v) is 1.96. The molecule has 3 nitrogen and oxygen atoms in total. The SMILES string of the molecule is Oc1cccc2occ(COc3ccccc3F)c12. The highest BCUT2D eigenvalue weighted by Gasteiger charge is 2.11. The predicted molar refractivity (Wildman–Crippen MR) is 68.6 cm³/mol. The summed E-state index contributed by atoms with van der Waals surface area (Å²) in [6, 6.07) is 11.2. The topological polar surface area (TPSA) is 42.6 Å². The minimum absolute atomic E-state index is 0.124. The van der Waals surface area contributed by atoms with E-state index in [0.717, 1.165) is 0 Å². The highest BCUT2D eigenvalue weighted by Crippen LogP contribution is 2.30. The van der Waals surface area contributed by atoms with Crippen LogP contribution in [-0.2, 0) is 6.61 Å². The van der Waals surface area contributed by atoms with Crippen molar-refractivity contribution in [2.24, 2.45) is 0 Å². The molecule has 0 aliphatic carbocycles. The van der Waals surface area contributed by atoms with Gasteiger partial charge in [-0.2, -0.15) is 0 Å². The maximum Gasteiger partial charge on any atom is 0.165 e. The van der Waals surface area contributed by atoms with Crippen LogP contribution in [0.4, 0.5) is 4.39 Å². The van der Waals surface area contributed by atoms with E-state index in [1.807, 2.05) is 0 Å². The van der Waals surface area contributed by atoms with Crippen molar-refractivity contribution in [2.75, 3.05) is 0 Å². The maximum atomic E-state index is 13.4. The van der Waals surface area contributed by atoms with E-state index in [9.17, 15) is 9.50 Å². The van der Waals surface area contributed by atoms with Crippen LogP contribution >= 0.6 is 0 Å². The number of phenols is 1. The van der Waals surface area contributed by atoms with Crippen LogP contribution in [0.15, 0.2) is 53.1 Å². The molecule has 4 heteroatoms. The van der Waals surface area contributed by atoms with E-state index < -0.39 is 5.82 Å². The molecule has 3 rings (SSSR count). The summed E-state index contributed by atoms with van der Waals surface area (Å²) >= 11 is 0. The Hall–Kier alpha value is -2.49. The molecule has 2 aromatic carbocycles. The molecule has 1 aromatic heterocycles. The molecule has 0 atom stereocenters. The first kappa shape index (κ1) is 11.6. The van der Waals surface area contributed by atoms with Crippen molar-refractivity contribution in [3.63, 3.8) is 0 Å². The number of aromatic hydroxyl groups is 1. The molecule has 19 heavy (non-hydrogen) atoms. The second-order valence-electron chi connectivity index (χ2n) is 4.13. The summed E-state index contributed by atoms with van der Waals surface area (Å²) < 4.78 is 24.1. The summed E-state index contributed by atoms with van der Waals surface area (Å²) in [6.45, 7) is 0.130. The van der Waals surface area contributed by atoms with Crippen molar-refractivity contribution in [3.05, 3.63) is 60.1 Å². The first-order valence-electron chi connectivity index (χ1n) is 5.81. The molecular formula is C15H11FO3. The summed E-state index contributed by atoms with van der Waals surface area (Å²) in [7, 11) is 0. The molecule has 0 saturated heterocycles. The third kappa shape index (κ3) is 2.12. The minimum atomic E-state index is -0.417. The number of ether oxygens (including phenoxy) is 1. The van der Waals surface area contributed by atoms with Crippen molar-refractivity contribution in [3.8, 4) is 11.5 Å². The maximum absolute atomic E-state index is 13.4. The third-order valence-electron chi connectivity index (χ3n) is 2.87. The lowest BCUT2D eigenvalue weighted by atomic mass is 10.1. The molecule has 0 amide bonds. The zero-order valence-corrected chi connectivity index (χ0v) is 9.97. The Bertz CT molecular complexity index is 718. The molecular weight excluding hydrogens is 247 g/mol. The molecule has 0 fully saturated rings. The molecule has 0 saturated carbocycles. The van der Waals surface area contributed by atoms with Gasteiger partial charge in [0.25, 0.3) is 0 Å². The van der Waals surface area contributed by atoms with Gasteiger partial charge in [-0.15, -0.1) is 0 Å². The number of fused-ring (bicyclic) bond motifs is 1. The number of benzene rings is 2. The van der Waals surface area contributed by atoms with Crippen molar-refractivity contribution >= 4 is 11.0 Å². The number of rotatable bonds is 3. The van der Waals surface area contributed by atoms with Gasteiger partial charge in [0.05, 0.1) is 11.6 Å². The summed E-state index contributed by atoms with van der Waals surface area (Å²) in [5.74, 6) is -0.120. The Labute approximate surface area is 108 Å². The van der Waals surface area contributed by atoms with Gasteiger partial charge in [0.1, 0.15) is 17.9 Å². The number of hydrogen-bond acceptors (Lipinski definition) is 3. The normalized spacial score (nSPS) is 10.8. The van der Waals surface area contributed by atoms with Gasteiger partial charge in [0, 0.05) is 5.56 Å². The Morgan fingerprint density at radius 3 is 2.79 bits per heavy atom. The van der Waals surface area contributed by atoms with Gasteiger partial charge in [-0.05, 0) is 24.3 Å². The van der Waals surface area contributed by atoms with E-state index in [1.165, 1.54) is 12.3 Å². The van der Waals surface area contributed by atoms with E-state index in [4.69, 9.17) is 9.15 Å². The van der Waals surface area contributed by atoms with Crippen LogP contribution in [0.3, 0.4) is 0 Å². The highest BCUT2D eigenvalue weighted by molar-refractivity contribution is 5.87. The van der Waals surface area contributed by atoms with Gasteiger partial charge in [0.15, 0.2) is 11.6 Å². The Kier molecular flexibility index (Phi) is 2.83. The Balaban J connectivity index is 1.89. The second-order valence-corrected chi connectivity index (χ2v) is 4.13. The standard InChI is InChI=1S/C15H11FO3/c16-11-4-1-2-6-13(11)18-8-10-9-19-14-7-3-5-12(17)15(10)14/h1-7,9,17H,8H2. The van der Waals surface area contributed by atoms with Gasteiger partial charge in [-0.25, -0.2) is 4.39 Å². The van der Waals surface area contributed by atoms with Gasteiger partial charge in [-0.3, -0.25) is 0 Å². The summed E-state index contributed by atoms with van der Waals surface area (Å²) in [4.78, 5) is 0. The number of hydrogen-bond donors (Lipinski definition) is 1. The summed E-state index contributed by atoms with van der Waals surface area (Å²) in [5, 5.41) is 10.4. The largest absolute Gasteiger partial charge is 0.507 e. The van der Waals surface area contributed by atoms with E-state index in [0.29, 0.717) is 16.5 Å². The van der Waals surface area contributed by atoms with Crippen LogP contribution in [-0.4, -0.2) is 5.11 Å². The third-order valence-corrected chi connectivity index (χ3v) is 2.87. The van der Waals surface area contributed by atoms with Gasteiger partial charge >= 0.3 is 0 Å².